The number of carbonyl (C=O) groups is 4. The lowest BCUT2D eigenvalue weighted by molar-refractivity contribution is -0.151. The first-order valence-corrected chi connectivity index (χ1v) is 16.9. The standard InChI is InChI=1S/C29H23N7O10S3/c30-28-31-15(11-48-28)18(35-46-21(27(43)44)12-4-2-1-3-5-12)22(39)32-19-24(40)36-20(26(41)42)14(9-47-25(19)36)10-49-29-34-33-23(45-29)13-6-7-16(37)17(38)8-13/h1-8,11,19,21,25,37-38H,9-10H2,(H2,30,31)(H,32,39)(H,41,42)(H,43,44)/t19-,21?,25-/m1/s1. The number of phenols is 2. The van der Waals surface area contributed by atoms with Gasteiger partial charge in [0.25, 0.3) is 17.0 Å². The summed E-state index contributed by atoms with van der Waals surface area (Å²) < 4.78 is 5.61. The maximum Gasteiger partial charge on any atom is 0.352 e. The Labute approximate surface area is 287 Å². The summed E-state index contributed by atoms with van der Waals surface area (Å²) in [5.41, 5.74) is 6.06. The molecule has 3 atom stereocenters. The summed E-state index contributed by atoms with van der Waals surface area (Å²) >= 11 is 3.26. The number of nitrogen functional groups attached to an aromatic ring is 1. The second-order valence-corrected chi connectivity index (χ2v) is 13.2. The number of thioether (sulfide) groups is 2. The summed E-state index contributed by atoms with van der Waals surface area (Å²) in [4.78, 5) is 61.5. The van der Waals surface area contributed by atoms with Gasteiger partial charge in [-0.2, -0.15) is 0 Å². The zero-order chi connectivity index (χ0) is 34.8. The van der Waals surface area contributed by atoms with E-state index in [9.17, 15) is 39.6 Å². The molecule has 7 N–H and O–H groups in total. The van der Waals surface area contributed by atoms with Crippen LogP contribution in [0.1, 0.15) is 17.4 Å². The van der Waals surface area contributed by atoms with Gasteiger partial charge in [-0.15, -0.1) is 33.3 Å². The van der Waals surface area contributed by atoms with Crippen LogP contribution in [0.2, 0.25) is 0 Å². The number of fused-ring (bicyclic) bond motifs is 1. The number of carboxylic acid groups (broad SMARTS) is 2. The topological polar surface area (TPSA) is 264 Å². The predicted molar refractivity (Wildman–Crippen MR) is 174 cm³/mol. The van der Waals surface area contributed by atoms with Gasteiger partial charge in [0.1, 0.15) is 22.8 Å². The van der Waals surface area contributed by atoms with Gasteiger partial charge in [0.2, 0.25) is 12.0 Å². The lowest BCUT2D eigenvalue weighted by Crippen LogP contribution is -2.71. The van der Waals surface area contributed by atoms with Gasteiger partial charge in [0, 0.05) is 28.0 Å². The van der Waals surface area contributed by atoms with Crippen LogP contribution in [0, 0.1) is 0 Å². The van der Waals surface area contributed by atoms with Gasteiger partial charge >= 0.3 is 11.9 Å². The number of rotatable bonds is 12. The molecule has 0 spiro atoms. The van der Waals surface area contributed by atoms with Crippen LogP contribution in [-0.4, -0.2) is 92.9 Å². The van der Waals surface area contributed by atoms with Crippen molar-refractivity contribution in [1.29, 1.82) is 0 Å². The van der Waals surface area contributed by atoms with Gasteiger partial charge in [-0.05, 0) is 23.8 Å². The van der Waals surface area contributed by atoms with Crippen LogP contribution in [0.3, 0.4) is 0 Å². The zero-order valence-electron chi connectivity index (χ0n) is 24.6. The Morgan fingerprint density at radius 3 is 2.59 bits per heavy atom. The predicted octanol–water partition coefficient (Wildman–Crippen LogP) is 2.26. The van der Waals surface area contributed by atoms with Crippen molar-refractivity contribution in [2.24, 2.45) is 5.16 Å². The Morgan fingerprint density at radius 2 is 1.92 bits per heavy atom. The first-order valence-electron chi connectivity index (χ1n) is 13.9. The van der Waals surface area contributed by atoms with Crippen LogP contribution in [0.25, 0.3) is 11.5 Å². The summed E-state index contributed by atoms with van der Waals surface area (Å²) in [6.45, 7) is 0. The Bertz CT molecular complexity index is 2020. The van der Waals surface area contributed by atoms with Crippen molar-refractivity contribution in [3.63, 3.8) is 0 Å². The fraction of sp³-hybridized carbons (Fsp3) is 0.172. The third-order valence-electron chi connectivity index (χ3n) is 7.09. The van der Waals surface area contributed by atoms with Crippen LogP contribution in [0.15, 0.2) is 80.0 Å². The van der Waals surface area contributed by atoms with Gasteiger partial charge in [-0.3, -0.25) is 14.5 Å². The fourth-order valence-corrected chi connectivity index (χ4v) is 7.57. The molecule has 2 aromatic carbocycles. The number of aromatic nitrogens is 3. The average molecular weight is 726 g/mol. The quantitative estimate of drug-likeness (QED) is 0.0402. The summed E-state index contributed by atoms with van der Waals surface area (Å²) in [6.07, 6.45) is -1.56. The van der Waals surface area contributed by atoms with Crippen molar-refractivity contribution in [3.8, 4) is 23.0 Å². The third-order valence-corrected chi connectivity index (χ3v) is 10.0. The Hall–Kier alpha value is -5.60. The number of nitrogens with one attached hydrogen (secondary N) is 1. The molecule has 4 heterocycles. The number of nitrogens with two attached hydrogens (primary N) is 1. The van der Waals surface area contributed by atoms with E-state index >= 15 is 0 Å². The van der Waals surface area contributed by atoms with Crippen LogP contribution < -0.4 is 11.1 Å². The molecule has 49 heavy (non-hydrogen) atoms. The highest BCUT2D eigenvalue weighted by atomic mass is 32.2. The second kappa shape index (κ2) is 13.9. The number of oxime groups is 1. The number of thiazole rings is 1. The van der Waals surface area contributed by atoms with E-state index in [1.54, 1.807) is 18.2 Å². The molecule has 2 aliphatic heterocycles. The zero-order valence-corrected chi connectivity index (χ0v) is 27.1. The molecule has 20 heteroatoms. The molecule has 0 saturated carbocycles. The molecule has 0 aliphatic carbocycles. The summed E-state index contributed by atoms with van der Waals surface area (Å²) in [5.74, 6) is -4.69. The van der Waals surface area contributed by atoms with Crippen LogP contribution in [0.4, 0.5) is 5.13 Å². The summed E-state index contributed by atoms with van der Waals surface area (Å²) in [7, 11) is 0. The highest BCUT2D eigenvalue weighted by Crippen LogP contribution is 2.42. The summed E-state index contributed by atoms with van der Waals surface area (Å²) in [5, 5.41) is 54.1. The van der Waals surface area contributed by atoms with Crippen molar-refractivity contribution in [1.82, 2.24) is 25.4 Å². The van der Waals surface area contributed by atoms with Crippen molar-refractivity contribution < 1.29 is 48.9 Å². The van der Waals surface area contributed by atoms with E-state index in [1.165, 1.54) is 47.5 Å². The van der Waals surface area contributed by atoms with Gasteiger partial charge in [0.05, 0.1) is 0 Å². The number of nitrogens with zero attached hydrogens (tertiary/aromatic N) is 5. The molecule has 0 radical (unpaired) electrons. The van der Waals surface area contributed by atoms with E-state index in [0.717, 1.165) is 28.0 Å². The molecule has 6 rings (SSSR count). The van der Waals surface area contributed by atoms with E-state index < -0.39 is 47.0 Å². The van der Waals surface area contributed by atoms with Gasteiger partial charge in [-0.25, -0.2) is 14.6 Å². The van der Waals surface area contributed by atoms with E-state index in [-0.39, 0.29) is 56.2 Å². The maximum atomic E-state index is 13.5. The molecule has 1 saturated heterocycles. The Morgan fingerprint density at radius 1 is 1.14 bits per heavy atom. The largest absolute Gasteiger partial charge is 0.504 e. The number of benzene rings is 2. The van der Waals surface area contributed by atoms with E-state index in [0.29, 0.717) is 11.1 Å². The van der Waals surface area contributed by atoms with Crippen molar-refractivity contribution in [2.45, 2.75) is 22.7 Å². The molecule has 252 valence electrons. The molecule has 2 amide bonds. The Kier molecular flexibility index (Phi) is 9.42. The fourth-order valence-electron chi connectivity index (χ4n) is 4.78. The first-order chi connectivity index (χ1) is 23.5. The van der Waals surface area contributed by atoms with Crippen molar-refractivity contribution in [3.05, 3.63) is 76.4 Å². The summed E-state index contributed by atoms with van der Waals surface area (Å²) in [6, 6.07) is 10.8. The van der Waals surface area contributed by atoms with Gasteiger partial charge < -0.3 is 40.7 Å². The lowest BCUT2D eigenvalue weighted by Gasteiger charge is -2.49. The monoisotopic (exact) mass is 725 g/mol. The maximum absolute atomic E-state index is 13.5. The number of amides is 2. The number of phenolic OH excluding ortho intramolecular Hbond substituents is 2. The number of aromatic hydroxyl groups is 2. The molecule has 4 aromatic rings. The normalized spacial score (nSPS) is 18.0. The third kappa shape index (κ3) is 6.87. The van der Waals surface area contributed by atoms with Crippen LogP contribution in [-0.2, 0) is 24.0 Å². The molecule has 1 unspecified atom stereocenters. The minimum atomic E-state index is -1.56. The molecule has 17 nitrogen and oxygen atoms in total. The van der Waals surface area contributed by atoms with Crippen molar-refractivity contribution >= 4 is 69.5 Å². The van der Waals surface area contributed by atoms with E-state index in [1.807, 2.05) is 0 Å². The van der Waals surface area contributed by atoms with Crippen LogP contribution >= 0.6 is 34.9 Å². The smallest absolute Gasteiger partial charge is 0.352 e. The molecule has 0 bridgehead atoms. The van der Waals surface area contributed by atoms with Crippen LogP contribution in [0.5, 0.6) is 11.5 Å². The molecule has 2 aromatic heterocycles. The minimum Gasteiger partial charge on any atom is -0.504 e. The number of carboxylic acids is 2. The first kappa shape index (κ1) is 33.3. The molecule has 1 fully saturated rings. The highest BCUT2D eigenvalue weighted by molar-refractivity contribution is 8.01. The number of β-lactam (4-membered cyclic amide) rings is 1. The van der Waals surface area contributed by atoms with E-state index in [4.69, 9.17) is 15.0 Å². The Balaban J connectivity index is 1.16. The minimum absolute atomic E-state index is 0.0195. The molecular weight excluding hydrogens is 703 g/mol. The highest BCUT2D eigenvalue weighted by Gasteiger charge is 2.54. The van der Waals surface area contributed by atoms with Gasteiger partial charge in [0.15, 0.2) is 22.3 Å². The SMILES string of the molecule is Nc1nc(C(=NOC(C(=O)O)c2ccccc2)C(=O)N[C@@H]2C(=O)N3C(C(=O)O)=C(CSc4nnc(-c5ccc(O)c(O)c5)o4)CS[C@H]23)cs1. The molecule has 2 aliphatic rings. The second-order valence-electron chi connectivity index (χ2n) is 10.2. The van der Waals surface area contributed by atoms with Crippen molar-refractivity contribution in [2.75, 3.05) is 17.2 Å². The number of anilines is 1. The number of aliphatic carboxylic acids is 2. The van der Waals surface area contributed by atoms with Gasteiger partial charge in [-0.1, -0.05) is 47.2 Å². The lowest BCUT2D eigenvalue weighted by atomic mass is 10.0. The number of hydrogen-bond acceptors (Lipinski definition) is 16. The number of carbonyl (C=O) groups excluding carboxylic acids is 2. The molecular formula is C29H23N7O10S3. The average Bonchev–Trinajstić information content (AvgIpc) is 3.74. The van der Waals surface area contributed by atoms with E-state index in [2.05, 4.69) is 25.7 Å². The number of hydrogen-bond donors (Lipinski definition) is 6.